The van der Waals surface area contributed by atoms with Crippen LogP contribution in [0.2, 0.25) is 0 Å². The minimum absolute atomic E-state index is 0.0465. The van der Waals surface area contributed by atoms with Gasteiger partial charge in [-0.25, -0.2) is 0 Å². The predicted molar refractivity (Wildman–Crippen MR) is 52.6 cm³/mol. The molecule has 13 heavy (non-hydrogen) atoms. The van der Waals surface area contributed by atoms with Gasteiger partial charge in [0.2, 0.25) is 0 Å². The number of hydrogen-bond donors (Lipinski definition) is 2. The van der Waals surface area contributed by atoms with Gasteiger partial charge in [0.1, 0.15) is 0 Å². The molecular weight excluding hydrogens is 168 g/mol. The number of hydrogen-bond acceptors (Lipinski definition) is 3. The monoisotopic (exact) mass is 190 g/mol. The molecule has 0 aliphatic carbocycles. The Morgan fingerprint density at radius 3 is 2.08 bits per heavy atom. The van der Waals surface area contributed by atoms with Gasteiger partial charge in [0.15, 0.2) is 0 Å². The SMILES string of the molecule is COCCCC(CO)(CO)C(C)C. The quantitative estimate of drug-likeness (QED) is 0.590. The van der Waals surface area contributed by atoms with E-state index in [4.69, 9.17) is 4.74 Å². The van der Waals surface area contributed by atoms with Crippen LogP contribution in [0.4, 0.5) is 0 Å². The van der Waals surface area contributed by atoms with Crippen LogP contribution in [-0.4, -0.2) is 37.1 Å². The maximum atomic E-state index is 9.25. The average molecular weight is 190 g/mol. The lowest BCUT2D eigenvalue weighted by molar-refractivity contribution is 0.00258. The fourth-order valence-corrected chi connectivity index (χ4v) is 1.43. The van der Waals surface area contributed by atoms with Crippen LogP contribution in [0.5, 0.6) is 0 Å². The minimum Gasteiger partial charge on any atom is -0.396 e. The highest BCUT2D eigenvalue weighted by atomic mass is 16.5. The van der Waals surface area contributed by atoms with Crippen LogP contribution >= 0.6 is 0 Å². The van der Waals surface area contributed by atoms with Crippen molar-refractivity contribution in [2.75, 3.05) is 26.9 Å². The molecule has 3 heteroatoms. The second-order valence-electron chi connectivity index (χ2n) is 3.93. The molecule has 2 N–H and O–H groups in total. The highest BCUT2D eigenvalue weighted by Gasteiger charge is 2.31. The van der Waals surface area contributed by atoms with Gasteiger partial charge in [0.05, 0.1) is 13.2 Å². The zero-order valence-electron chi connectivity index (χ0n) is 8.92. The van der Waals surface area contributed by atoms with Crippen LogP contribution in [0, 0.1) is 11.3 Å². The zero-order valence-corrected chi connectivity index (χ0v) is 8.92. The molecule has 0 heterocycles. The molecule has 0 bridgehead atoms. The number of rotatable bonds is 7. The fourth-order valence-electron chi connectivity index (χ4n) is 1.43. The Bertz CT molecular complexity index is 119. The van der Waals surface area contributed by atoms with Crippen LogP contribution in [0.15, 0.2) is 0 Å². The first-order valence-electron chi connectivity index (χ1n) is 4.83. The first kappa shape index (κ1) is 12.9. The Labute approximate surface area is 80.7 Å². The summed E-state index contributed by atoms with van der Waals surface area (Å²) in [6, 6.07) is 0. The Morgan fingerprint density at radius 1 is 1.23 bits per heavy atom. The molecule has 0 unspecified atom stereocenters. The molecule has 0 fully saturated rings. The molecule has 0 saturated heterocycles. The summed E-state index contributed by atoms with van der Waals surface area (Å²) in [6.45, 7) is 4.84. The van der Waals surface area contributed by atoms with Crippen LogP contribution in [-0.2, 0) is 4.74 Å². The molecule has 0 radical (unpaired) electrons. The molecule has 0 aromatic heterocycles. The molecule has 0 aromatic carbocycles. The Hall–Kier alpha value is -0.120. The largest absolute Gasteiger partial charge is 0.396 e. The number of aliphatic hydroxyl groups is 2. The van der Waals surface area contributed by atoms with Crippen molar-refractivity contribution in [3.8, 4) is 0 Å². The van der Waals surface area contributed by atoms with Crippen LogP contribution < -0.4 is 0 Å². The van der Waals surface area contributed by atoms with E-state index >= 15 is 0 Å². The van der Waals surface area contributed by atoms with Crippen molar-refractivity contribution in [2.45, 2.75) is 26.7 Å². The van der Waals surface area contributed by atoms with E-state index in [1.54, 1.807) is 7.11 Å². The molecule has 0 spiro atoms. The van der Waals surface area contributed by atoms with E-state index in [2.05, 4.69) is 0 Å². The summed E-state index contributed by atoms with van der Waals surface area (Å²) in [5, 5.41) is 18.5. The van der Waals surface area contributed by atoms with E-state index in [9.17, 15) is 10.2 Å². The standard InChI is InChI=1S/C10H22O3/c1-9(2)10(7-11,8-12)5-4-6-13-3/h9,11-12H,4-8H2,1-3H3. The number of aliphatic hydroxyl groups excluding tert-OH is 2. The molecule has 0 amide bonds. The molecule has 0 atom stereocenters. The van der Waals surface area contributed by atoms with Gasteiger partial charge in [-0.05, 0) is 18.8 Å². The fraction of sp³-hybridized carbons (Fsp3) is 1.00. The molecule has 0 aliphatic rings. The third-order valence-electron chi connectivity index (χ3n) is 2.88. The molecule has 3 nitrogen and oxygen atoms in total. The molecule has 80 valence electrons. The van der Waals surface area contributed by atoms with E-state index in [0.717, 1.165) is 12.8 Å². The third-order valence-corrected chi connectivity index (χ3v) is 2.88. The van der Waals surface area contributed by atoms with Gasteiger partial charge in [0, 0.05) is 19.1 Å². The highest BCUT2D eigenvalue weighted by Crippen LogP contribution is 2.31. The van der Waals surface area contributed by atoms with Crippen molar-refractivity contribution in [3.63, 3.8) is 0 Å². The molecular formula is C10H22O3. The lowest BCUT2D eigenvalue weighted by Gasteiger charge is -2.33. The van der Waals surface area contributed by atoms with Crippen LogP contribution in [0.25, 0.3) is 0 Å². The third kappa shape index (κ3) is 3.63. The summed E-state index contributed by atoms with van der Waals surface area (Å²) in [6.07, 6.45) is 1.70. The van der Waals surface area contributed by atoms with E-state index in [0.29, 0.717) is 12.5 Å². The second kappa shape index (κ2) is 6.35. The maximum absolute atomic E-state index is 9.25. The molecule has 0 aliphatic heterocycles. The summed E-state index contributed by atoms with van der Waals surface area (Å²) in [5.41, 5.74) is -0.335. The van der Waals surface area contributed by atoms with Crippen molar-refractivity contribution in [1.29, 1.82) is 0 Å². The smallest absolute Gasteiger partial charge is 0.0511 e. The first-order chi connectivity index (χ1) is 6.13. The van der Waals surface area contributed by atoms with Gasteiger partial charge in [-0.2, -0.15) is 0 Å². The van der Waals surface area contributed by atoms with Gasteiger partial charge < -0.3 is 14.9 Å². The summed E-state index contributed by atoms with van der Waals surface area (Å²) >= 11 is 0. The van der Waals surface area contributed by atoms with Gasteiger partial charge in [-0.3, -0.25) is 0 Å². The van der Waals surface area contributed by atoms with Gasteiger partial charge >= 0.3 is 0 Å². The van der Waals surface area contributed by atoms with Gasteiger partial charge in [-0.15, -0.1) is 0 Å². The van der Waals surface area contributed by atoms with Gasteiger partial charge in [0.25, 0.3) is 0 Å². The van der Waals surface area contributed by atoms with Crippen LogP contribution in [0.3, 0.4) is 0 Å². The van der Waals surface area contributed by atoms with Gasteiger partial charge in [-0.1, -0.05) is 13.8 Å². The van der Waals surface area contributed by atoms with Crippen molar-refractivity contribution < 1.29 is 14.9 Å². The van der Waals surface area contributed by atoms with E-state index in [1.165, 1.54) is 0 Å². The summed E-state index contributed by atoms with van der Waals surface area (Å²) < 4.78 is 4.94. The predicted octanol–water partition coefficient (Wildman–Crippen LogP) is 1.04. The molecule has 0 aromatic rings. The maximum Gasteiger partial charge on any atom is 0.0511 e. The Kier molecular flexibility index (Phi) is 6.29. The lowest BCUT2D eigenvalue weighted by Crippen LogP contribution is -2.35. The minimum atomic E-state index is -0.335. The normalized spacial score (nSPS) is 12.5. The summed E-state index contributed by atoms with van der Waals surface area (Å²) in [7, 11) is 1.66. The highest BCUT2D eigenvalue weighted by molar-refractivity contribution is 4.80. The Morgan fingerprint density at radius 2 is 1.77 bits per heavy atom. The Balaban J connectivity index is 4.06. The second-order valence-corrected chi connectivity index (χ2v) is 3.93. The summed E-state index contributed by atoms with van der Waals surface area (Å²) in [5.74, 6) is 0.291. The lowest BCUT2D eigenvalue weighted by atomic mass is 9.75. The molecule has 0 rings (SSSR count). The first-order valence-corrected chi connectivity index (χ1v) is 4.83. The number of ether oxygens (including phenoxy) is 1. The van der Waals surface area contributed by atoms with E-state index in [-0.39, 0.29) is 18.6 Å². The molecule has 0 saturated carbocycles. The number of methoxy groups -OCH3 is 1. The van der Waals surface area contributed by atoms with E-state index < -0.39 is 0 Å². The van der Waals surface area contributed by atoms with Crippen molar-refractivity contribution in [1.82, 2.24) is 0 Å². The topological polar surface area (TPSA) is 49.7 Å². The average Bonchev–Trinajstić information content (AvgIpc) is 2.13. The summed E-state index contributed by atoms with van der Waals surface area (Å²) in [4.78, 5) is 0. The van der Waals surface area contributed by atoms with Crippen molar-refractivity contribution in [2.24, 2.45) is 11.3 Å². The van der Waals surface area contributed by atoms with E-state index in [1.807, 2.05) is 13.8 Å². The van der Waals surface area contributed by atoms with Crippen molar-refractivity contribution in [3.05, 3.63) is 0 Å². The zero-order chi connectivity index (χ0) is 10.3. The van der Waals surface area contributed by atoms with Crippen molar-refractivity contribution >= 4 is 0 Å². The van der Waals surface area contributed by atoms with Crippen LogP contribution in [0.1, 0.15) is 26.7 Å².